The van der Waals surface area contributed by atoms with Gasteiger partial charge in [-0.15, -0.1) is 0 Å². The summed E-state index contributed by atoms with van der Waals surface area (Å²) in [7, 11) is -3.06. The SMILES string of the molecule is CCCC(=O)N(c1ccc2oc(C)c(C(=O)OC)c2c1)S(=O)(=O)c1ccc(NC(C)=O)cc1. The molecule has 0 radical (unpaired) electrons. The van der Waals surface area contributed by atoms with E-state index in [9.17, 15) is 22.8 Å². The fourth-order valence-corrected chi connectivity index (χ4v) is 4.88. The highest BCUT2D eigenvalue weighted by molar-refractivity contribution is 7.93. The van der Waals surface area contributed by atoms with Gasteiger partial charge >= 0.3 is 5.97 Å². The number of furan rings is 1. The molecule has 0 atom stereocenters. The number of benzene rings is 2. The summed E-state index contributed by atoms with van der Waals surface area (Å²) in [6.07, 6.45) is 0.433. The molecule has 0 saturated carbocycles. The van der Waals surface area contributed by atoms with Crippen molar-refractivity contribution in [2.75, 3.05) is 16.7 Å². The molecule has 0 unspecified atom stereocenters. The first-order chi connectivity index (χ1) is 15.6. The van der Waals surface area contributed by atoms with Crippen LogP contribution in [0.5, 0.6) is 0 Å². The van der Waals surface area contributed by atoms with Crippen molar-refractivity contribution in [2.24, 2.45) is 0 Å². The van der Waals surface area contributed by atoms with Gasteiger partial charge in [-0.1, -0.05) is 6.92 Å². The Labute approximate surface area is 191 Å². The largest absolute Gasteiger partial charge is 0.465 e. The average molecular weight is 473 g/mol. The van der Waals surface area contributed by atoms with Gasteiger partial charge in [-0.25, -0.2) is 17.5 Å². The summed E-state index contributed by atoms with van der Waals surface area (Å²) in [5, 5.41) is 2.90. The molecule has 0 aliphatic carbocycles. The lowest BCUT2D eigenvalue weighted by Gasteiger charge is -2.23. The van der Waals surface area contributed by atoms with Gasteiger partial charge in [0.1, 0.15) is 16.9 Å². The number of hydrogen-bond donors (Lipinski definition) is 1. The van der Waals surface area contributed by atoms with Crippen LogP contribution in [-0.4, -0.2) is 33.3 Å². The molecule has 10 heteroatoms. The first-order valence-corrected chi connectivity index (χ1v) is 11.6. The molecular weight excluding hydrogens is 448 g/mol. The number of carbonyl (C=O) groups excluding carboxylic acids is 3. The monoisotopic (exact) mass is 472 g/mol. The Kier molecular flexibility index (Phi) is 6.87. The van der Waals surface area contributed by atoms with E-state index in [0.29, 0.717) is 28.8 Å². The molecule has 0 saturated heterocycles. The quantitative estimate of drug-likeness (QED) is 0.515. The van der Waals surface area contributed by atoms with E-state index in [-0.39, 0.29) is 28.5 Å². The summed E-state index contributed by atoms with van der Waals surface area (Å²) in [6.45, 7) is 4.70. The molecule has 0 aliphatic rings. The number of carbonyl (C=O) groups is 3. The van der Waals surface area contributed by atoms with Crippen molar-refractivity contribution in [1.29, 1.82) is 0 Å². The second kappa shape index (κ2) is 9.45. The first-order valence-electron chi connectivity index (χ1n) is 10.2. The number of nitrogens with one attached hydrogen (secondary N) is 1. The Balaban J connectivity index is 2.15. The number of fused-ring (bicyclic) bond motifs is 1. The van der Waals surface area contributed by atoms with E-state index in [2.05, 4.69) is 5.32 Å². The van der Waals surface area contributed by atoms with Gasteiger partial charge in [-0.05, 0) is 55.8 Å². The van der Waals surface area contributed by atoms with Crippen LogP contribution in [0.15, 0.2) is 51.8 Å². The highest BCUT2D eigenvalue weighted by Gasteiger charge is 2.31. The van der Waals surface area contributed by atoms with Crippen LogP contribution in [0.25, 0.3) is 11.0 Å². The number of sulfonamides is 1. The number of rotatable bonds is 7. The Morgan fingerprint density at radius 1 is 1.09 bits per heavy atom. The van der Waals surface area contributed by atoms with Crippen molar-refractivity contribution in [1.82, 2.24) is 0 Å². The van der Waals surface area contributed by atoms with E-state index in [4.69, 9.17) is 9.15 Å². The van der Waals surface area contributed by atoms with E-state index in [1.165, 1.54) is 56.5 Å². The highest BCUT2D eigenvalue weighted by Crippen LogP contribution is 2.33. The zero-order valence-electron chi connectivity index (χ0n) is 18.7. The summed E-state index contributed by atoms with van der Waals surface area (Å²) in [5.74, 6) is -1.23. The van der Waals surface area contributed by atoms with Gasteiger partial charge in [0, 0.05) is 24.4 Å². The highest BCUT2D eigenvalue weighted by atomic mass is 32.2. The summed E-state index contributed by atoms with van der Waals surface area (Å²) < 4.78 is 38.1. The van der Waals surface area contributed by atoms with Crippen molar-refractivity contribution in [3.63, 3.8) is 0 Å². The van der Waals surface area contributed by atoms with Crippen LogP contribution in [0, 0.1) is 6.92 Å². The van der Waals surface area contributed by atoms with E-state index in [0.717, 1.165) is 4.31 Å². The molecule has 2 amide bonds. The van der Waals surface area contributed by atoms with E-state index in [1.54, 1.807) is 13.8 Å². The van der Waals surface area contributed by atoms with Crippen molar-refractivity contribution >= 4 is 50.2 Å². The Bertz CT molecular complexity index is 1320. The first kappa shape index (κ1) is 24.0. The van der Waals surface area contributed by atoms with Crippen LogP contribution in [0.4, 0.5) is 11.4 Å². The molecule has 3 aromatic rings. The molecule has 33 heavy (non-hydrogen) atoms. The smallest absolute Gasteiger partial charge is 0.342 e. The fourth-order valence-electron chi connectivity index (χ4n) is 3.44. The summed E-state index contributed by atoms with van der Waals surface area (Å²) >= 11 is 0. The number of anilines is 2. The van der Waals surface area contributed by atoms with Gasteiger partial charge in [0.15, 0.2) is 0 Å². The minimum Gasteiger partial charge on any atom is -0.465 e. The van der Waals surface area contributed by atoms with Crippen molar-refractivity contribution in [2.45, 2.75) is 38.5 Å². The summed E-state index contributed by atoms with van der Waals surface area (Å²) in [6, 6.07) is 9.88. The molecule has 1 N–H and O–H groups in total. The number of methoxy groups -OCH3 is 1. The van der Waals surface area contributed by atoms with E-state index >= 15 is 0 Å². The molecule has 0 fully saturated rings. The fraction of sp³-hybridized carbons (Fsp3) is 0.261. The van der Waals surface area contributed by atoms with Crippen LogP contribution in [0.3, 0.4) is 0 Å². The summed E-state index contributed by atoms with van der Waals surface area (Å²) in [4.78, 5) is 36.3. The van der Waals surface area contributed by atoms with Gasteiger partial charge in [0.25, 0.3) is 10.0 Å². The molecule has 0 spiro atoms. The van der Waals surface area contributed by atoms with Crippen LogP contribution in [-0.2, 0) is 24.3 Å². The maximum absolute atomic E-state index is 13.5. The lowest BCUT2D eigenvalue weighted by atomic mass is 10.1. The van der Waals surface area contributed by atoms with Crippen LogP contribution < -0.4 is 9.62 Å². The molecule has 9 nitrogen and oxygen atoms in total. The number of nitrogens with zero attached hydrogens (tertiary/aromatic N) is 1. The predicted molar refractivity (Wildman–Crippen MR) is 123 cm³/mol. The molecule has 3 rings (SSSR count). The van der Waals surface area contributed by atoms with E-state index in [1.807, 2.05) is 0 Å². The third-order valence-corrected chi connectivity index (χ3v) is 6.64. The van der Waals surface area contributed by atoms with Gasteiger partial charge in [0.2, 0.25) is 11.8 Å². The zero-order valence-corrected chi connectivity index (χ0v) is 19.5. The average Bonchev–Trinajstić information content (AvgIpc) is 3.08. The standard InChI is InChI=1S/C23H24N2O7S/c1-5-6-21(27)25(33(29,30)18-10-7-16(8-11-18)24-15(3)26)17-9-12-20-19(13-17)22(14(2)32-20)23(28)31-4/h7-13H,5-6H2,1-4H3,(H,24,26). The zero-order chi connectivity index (χ0) is 24.3. The molecule has 174 valence electrons. The second-order valence-electron chi connectivity index (χ2n) is 7.32. The van der Waals surface area contributed by atoms with Gasteiger partial charge in [0.05, 0.1) is 17.7 Å². The van der Waals surface area contributed by atoms with Crippen LogP contribution in [0.1, 0.15) is 42.8 Å². The Morgan fingerprint density at radius 2 is 1.76 bits per heavy atom. The predicted octanol–water partition coefficient (Wildman–Crippen LogP) is 4.01. The number of amides is 2. The molecule has 0 aliphatic heterocycles. The lowest BCUT2D eigenvalue weighted by Crippen LogP contribution is -2.36. The van der Waals surface area contributed by atoms with Crippen molar-refractivity contribution < 1.29 is 32.0 Å². The van der Waals surface area contributed by atoms with Crippen molar-refractivity contribution in [3.05, 3.63) is 53.8 Å². The van der Waals surface area contributed by atoms with Crippen molar-refractivity contribution in [3.8, 4) is 0 Å². The number of aryl methyl sites for hydroxylation is 1. The molecule has 1 aromatic heterocycles. The van der Waals surface area contributed by atoms with E-state index < -0.39 is 21.9 Å². The number of ether oxygens (including phenoxy) is 1. The third-order valence-electron chi connectivity index (χ3n) is 4.87. The minimum atomic E-state index is -4.30. The van der Waals surface area contributed by atoms with Crippen LogP contribution >= 0.6 is 0 Å². The third kappa shape index (κ3) is 4.75. The second-order valence-corrected chi connectivity index (χ2v) is 9.11. The topological polar surface area (TPSA) is 123 Å². The normalized spacial score (nSPS) is 11.3. The maximum Gasteiger partial charge on any atom is 0.342 e. The van der Waals surface area contributed by atoms with Gasteiger partial charge in [-0.2, -0.15) is 0 Å². The van der Waals surface area contributed by atoms with Gasteiger partial charge in [-0.3, -0.25) is 9.59 Å². The van der Waals surface area contributed by atoms with Gasteiger partial charge < -0.3 is 14.5 Å². The number of hydrogen-bond acceptors (Lipinski definition) is 7. The Hall–Kier alpha value is -3.66. The molecule has 0 bridgehead atoms. The minimum absolute atomic E-state index is 0.00445. The maximum atomic E-state index is 13.5. The molecular formula is C23H24N2O7S. The molecule has 1 heterocycles. The summed E-state index contributed by atoms with van der Waals surface area (Å²) in [5.41, 5.74) is 1.01. The van der Waals surface area contributed by atoms with Crippen LogP contribution in [0.2, 0.25) is 0 Å². The molecule has 2 aromatic carbocycles. The Morgan fingerprint density at radius 3 is 2.33 bits per heavy atom. The number of esters is 1. The lowest BCUT2D eigenvalue weighted by molar-refractivity contribution is -0.117.